The molecule has 2 aliphatic rings. The second kappa shape index (κ2) is 1.61. The molecule has 1 fully saturated rings. The normalized spacial score (nSPS) is 47.6. The van der Waals surface area contributed by atoms with E-state index in [9.17, 15) is 0 Å². The van der Waals surface area contributed by atoms with E-state index < -0.39 is 0 Å². The fraction of sp³-hybridized carbons (Fsp3) is 0.600. The summed E-state index contributed by atoms with van der Waals surface area (Å²) in [4.78, 5) is 0. The number of hydrogen-bond acceptors (Lipinski definition) is 1. The van der Waals surface area contributed by atoms with E-state index in [0.717, 1.165) is 0 Å². The van der Waals surface area contributed by atoms with Gasteiger partial charge in [0.25, 0.3) is 0 Å². The number of fused-ring (bicyclic) bond motifs is 1. The molecular weight excluding hydrogens is 136 g/mol. The zero-order valence-corrected chi connectivity index (χ0v) is 7.56. The summed E-state index contributed by atoms with van der Waals surface area (Å²) in [6, 6.07) is 0. The van der Waals surface area contributed by atoms with Crippen LogP contribution in [-0.4, -0.2) is 11.2 Å². The van der Waals surface area contributed by atoms with Crippen molar-refractivity contribution < 1.29 is 4.74 Å². The van der Waals surface area contributed by atoms with Crippen LogP contribution < -0.4 is 0 Å². The summed E-state index contributed by atoms with van der Waals surface area (Å²) in [5, 5.41) is 0. The highest BCUT2D eigenvalue weighted by Crippen LogP contribution is 2.53. The second-order valence-electron chi connectivity index (χ2n) is 3.97. The Morgan fingerprint density at radius 1 is 1.00 bits per heavy atom. The summed E-state index contributed by atoms with van der Waals surface area (Å²) in [5.74, 6) is 0. The highest BCUT2D eigenvalue weighted by Gasteiger charge is 2.62. The standard InChI is InChI=1S/C10H14O/c1-7-5-9(3)10(4,11-9)6-8(7)2/h5-6H,1-4H3. The van der Waals surface area contributed by atoms with Crippen molar-refractivity contribution in [1.29, 1.82) is 0 Å². The predicted octanol–water partition coefficient (Wildman–Crippen LogP) is 2.44. The fourth-order valence-corrected chi connectivity index (χ4v) is 1.81. The van der Waals surface area contributed by atoms with Gasteiger partial charge in [-0.15, -0.1) is 0 Å². The van der Waals surface area contributed by atoms with Crippen LogP contribution in [0.4, 0.5) is 0 Å². The Kier molecular flexibility index (Phi) is 1.04. The average Bonchev–Trinajstić information content (AvgIpc) is 2.33. The van der Waals surface area contributed by atoms with E-state index in [4.69, 9.17) is 4.74 Å². The summed E-state index contributed by atoms with van der Waals surface area (Å²) in [7, 11) is 0. The van der Waals surface area contributed by atoms with Gasteiger partial charge in [-0.1, -0.05) is 0 Å². The SMILES string of the molecule is CC1=CC2(C)OC2(C)C=C1C. The quantitative estimate of drug-likeness (QED) is 0.483. The third kappa shape index (κ3) is 0.747. The molecule has 1 aliphatic heterocycles. The molecule has 2 atom stereocenters. The summed E-state index contributed by atoms with van der Waals surface area (Å²) in [6.07, 6.45) is 4.45. The van der Waals surface area contributed by atoms with Crippen LogP contribution in [0.5, 0.6) is 0 Å². The van der Waals surface area contributed by atoms with Crippen LogP contribution in [-0.2, 0) is 4.74 Å². The summed E-state index contributed by atoms with van der Waals surface area (Å²) in [5.41, 5.74) is 2.69. The van der Waals surface area contributed by atoms with Crippen molar-refractivity contribution in [1.82, 2.24) is 0 Å². The average molecular weight is 150 g/mol. The van der Waals surface area contributed by atoms with Crippen molar-refractivity contribution in [2.75, 3.05) is 0 Å². The minimum absolute atomic E-state index is 0.00338. The number of hydrogen-bond donors (Lipinski definition) is 0. The lowest BCUT2D eigenvalue weighted by molar-refractivity contribution is 0.323. The fourth-order valence-electron chi connectivity index (χ4n) is 1.81. The highest BCUT2D eigenvalue weighted by molar-refractivity contribution is 5.45. The lowest BCUT2D eigenvalue weighted by atomic mass is 9.85. The van der Waals surface area contributed by atoms with Crippen LogP contribution in [0.2, 0.25) is 0 Å². The molecule has 2 rings (SSSR count). The lowest BCUT2D eigenvalue weighted by Gasteiger charge is -2.14. The van der Waals surface area contributed by atoms with Crippen LogP contribution in [0.25, 0.3) is 0 Å². The predicted molar refractivity (Wildman–Crippen MR) is 45.4 cm³/mol. The van der Waals surface area contributed by atoms with Crippen LogP contribution in [0, 0.1) is 0 Å². The first kappa shape index (κ1) is 7.11. The van der Waals surface area contributed by atoms with Gasteiger partial charge in [-0.3, -0.25) is 0 Å². The van der Waals surface area contributed by atoms with Crippen molar-refractivity contribution in [2.24, 2.45) is 0 Å². The Morgan fingerprint density at radius 3 is 1.73 bits per heavy atom. The zero-order chi connectivity index (χ0) is 8.28. The van der Waals surface area contributed by atoms with E-state index in [-0.39, 0.29) is 11.2 Å². The molecule has 0 bridgehead atoms. The molecule has 1 saturated heterocycles. The number of epoxide rings is 1. The van der Waals surface area contributed by atoms with E-state index >= 15 is 0 Å². The molecule has 1 heteroatoms. The van der Waals surface area contributed by atoms with Gasteiger partial charge in [0.1, 0.15) is 11.2 Å². The van der Waals surface area contributed by atoms with Crippen LogP contribution in [0.15, 0.2) is 23.3 Å². The molecule has 0 aromatic carbocycles. The molecule has 0 amide bonds. The van der Waals surface area contributed by atoms with Gasteiger partial charge in [-0.05, 0) is 51.0 Å². The van der Waals surface area contributed by atoms with E-state index in [0.29, 0.717) is 0 Å². The van der Waals surface area contributed by atoms with Crippen molar-refractivity contribution >= 4 is 0 Å². The molecule has 0 N–H and O–H groups in total. The monoisotopic (exact) mass is 150 g/mol. The van der Waals surface area contributed by atoms with E-state index in [2.05, 4.69) is 39.8 Å². The van der Waals surface area contributed by atoms with E-state index in [1.165, 1.54) is 11.1 Å². The zero-order valence-electron chi connectivity index (χ0n) is 7.56. The van der Waals surface area contributed by atoms with Gasteiger partial charge in [0.15, 0.2) is 0 Å². The minimum Gasteiger partial charge on any atom is -0.354 e. The molecule has 0 spiro atoms. The van der Waals surface area contributed by atoms with Crippen molar-refractivity contribution in [2.45, 2.75) is 38.9 Å². The van der Waals surface area contributed by atoms with Gasteiger partial charge >= 0.3 is 0 Å². The number of rotatable bonds is 0. The maximum Gasteiger partial charge on any atom is 0.118 e. The first-order valence-corrected chi connectivity index (χ1v) is 4.06. The topological polar surface area (TPSA) is 12.5 Å². The molecule has 1 heterocycles. The smallest absolute Gasteiger partial charge is 0.118 e. The molecule has 2 unspecified atom stereocenters. The maximum atomic E-state index is 5.64. The number of ether oxygens (including phenoxy) is 1. The van der Waals surface area contributed by atoms with Crippen molar-refractivity contribution in [3.8, 4) is 0 Å². The Labute approximate surface area is 67.7 Å². The Hall–Kier alpha value is -0.560. The Balaban J connectivity index is 2.44. The molecule has 1 aliphatic carbocycles. The Morgan fingerprint density at radius 2 is 1.36 bits per heavy atom. The van der Waals surface area contributed by atoms with E-state index in [1.807, 2.05) is 0 Å². The number of allylic oxidation sites excluding steroid dienone is 2. The van der Waals surface area contributed by atoms with Crippen LogP contribution >= 0.6 is 0 Å². The molecule has 0 radical (unpaired) electrons. The third-order valence-corrected chi connectivity index (χ3v) is 2.97. The summed E-state index contributed by atoms with van der Waals surface area (Å²) >= 11 is 0. The molecule has 11 heavy (non-hydrogen) atoms. The van der Waals surface area contributed by atoms with Gasteiger partial charge in [0, 0.05) is 0 Å². The highest BCUT2D eigenvalue weighted by atomic mass is 16.6. The largest absolute Gasteiger partial charge is 0.354 e. The van der Waals surface area contributed by atoms with Crippen molar-refractivity contribution in [3.63, 3.8) is 0 Å². The van der Waals surface area contributed by atoms with Gasteiger partial charge in [0.05, 0.1) is 0 Å². The molecule has 0 aromatic heterocycles. The summed E-state index contributed by atoms with van der Waals surface area (Å²) < 4.78 is 5.64. The lowest BCUT2D eigenvalue weighted by Crippen LogP contribution is -2.19. The Bertz CT molecular complexity index is 247. The molecular formula is C10H14O. The van der Waals surface area contributed by atoms with Crippen LogP contribution in [0.3, 0.4) is 0 Å². The molecule has 1 nitrogen and oxygen atoms in total. The molecule has 0 aromatic rings. The van der Waals surface area contributed by atoms with Crippen LogP contribution in [0.1, 0.15) is 27.7 Å². The van der Waals surface area contributed by atoms with Gasteiger partial charge < -0.3 is 4.74 Å². The molecule has 0 saturated carbocycles. The van der Waals surface area contributed by atoms with Gasteiger partial charge in [-0.25, -0.2) is 0 Å². The first-order chi connectivity index (χ1) is 4.97. The maximum absolute atomic E-state index is 5.64. The first-order valence-electron chi connectivity index (χ1n) is 4.06. The minimum atomic E-state index is -0.00338. The molecule has 60 valence electrons. The summed E-state index contributed by atoms with van der Waals surface area (Å²) in [6.45, 7) is 8.55. The third-order valence-electron chi connectivity index (χ3n) is 2.97. The second-order valence-corrected chi connectivity index (χ2v) is 3.97. The van der Waals surface area contributed by atoms with Crippen molar-refractivity contribution in [3.05, 3.63) is 23.3 Å². The van der Waals surface area contributed by atoms with Gasteiger partial charge in [0.2, 0.25) is 0 Å². The van der Waals surface area contributed by atoms with E-state index in [1.54, 1.807) is 0 Å². The van der Waals surface area contributed by atoms with Gasteiger partial charge in [-0.2, -0.15) is 0 Å².